The molecule has 6 heteroatoms. The summed E-state index contributed by atoms with van der Waals surface area (Å²) in [6.45, 7) is 0. The first-order chi connectivity index (χ1) is 7.17. The molecule has 1 aromatic rings. The summed E-state index contributed by atoms with van der Waals surface area (Å²) < 4.78 is 0. The first-order valence-electron chi connectivity index (χ1n) is 4.17. The maximum atomic E-state index is 10.3. The molecule has 0 aromatic carbocycles. The number of thioether (sulfide) groups is 1. The molecule has 0 aliphatic carbocycles. The van der Waals surface area contributed by atoms with Crippen molar-refractivity contribution in [2.45, 2.75) is 5.16 Å². The molecule has 2 N–H and O–H groups in total. The first-order valence-corrected chi connectivity index (χ1v) is 5.39. The molecular formula is C9H11N3O2S. The molecule has 0 spiro atoms. The molecular weight excluding hydrogens is 214 g/mol. The Kier molecular flexibility index (Phi) is 4.11. The summed E-state index contributed by atoms with van der Waals surface area (Å²) in [7, 11) is 1.73. The summed E-state index contributed by atoms with van der Waals surface area (Å²) in [6, 6.07) is 0. The van der Waals surface area contributed by atoms with Crippen LogP contribution in [0.15, 0.2) is 17.4 Å². The van der Waals surface area contributed by atoms with Crippen molar-refractivity contribution >= 4 is 29.6 Å². The number of hydrogen-bond acceptors (Lipinski definition) is 5. The lowest BCUT2D eigenvalue weighted by atomic mass is 10.3. The Morgan fingerprint density at radius 3 is 2.93 bits per heavy atom. The van der Waals surface area contributed by atoms with Crippen molar-refractivity contribution < 1.29 is 9.90 Å². The smallest absolute Gasteiger partial charge is 0.328 e. The Morgan fingerprint density at radius 2 is 2.40 bits per heavy atom. The molecule has 1 rings (SSSR count). The summed E-state index contributed by atoms with van der Waals surface area (Å²) in [5, 5.41) is 12.0. The Hall–Kier alpha value is -1.56. The van der Waals surface area contributed by atoms with Gasteiger partial charge >= 0.3 is 5.97 Å². The average Bonchev–Trinajstić information content (AvgIpc) is 2.25. The molecule has 0 fully saturated rings. The molecule has 0 saturated heterocycles. The lowest BCUT2D eigenvalue weighted by molar-refractivity contribution is -0.131. The van der Waals surface area contributed by atoms with E-state index in [4.69, 9.17) is 5.11 Å². The Labute approximate surface area is 91.6 Å². The first kappa shape index (κ1) is 11.5. The van der Waals surface area contributed by atoms with Crippen molar-refractivity contribution in [3.05, 3.63) is 17.8 Å². The molecule has 5 nitrogen and oxygen atoms in total. The van der Waals surface area contributed by atoms with E-state index >= 15 is 0 Å². The van der Waals surface area contributed by atoms with Crippen LogP contribution in [0, 0.1) is 0 Å². The summed E-state index contributed by atoms with van der Waals surface area (Å²) in [5.41, 5.74) is 0.651. The van der Waals surface area contributed by atoms with Crippen LogP contribution in [0.25, 0.3) is 6.08 Å². The molecule has 0 saturated carbocycles. The van der Waals surface area contributed by atoms with E-state index in [2.05, 4.69) is 15.3 Å². The van der Waals surface area contributed by atoms with Gasteiger partial charge in [-0.15, -0.1) is 0 Å². The molecule has 1 heterocycles. The molecule has 0 aliphatic rings. The van der Waals surface area contributed by atoms with E-state index < -0.39 is 5.97 Å². The fourth-order valence-electron chi connectivity index (χ4n) is 0.957. The molecule has 0 atom stereocenters. The van der Waals surface area contributed by atoms with Gasteiger partial charge in [-0.1, -0.05) is 11.8 Å². The molecule has 0 aliphatic heterocycles. The minimum atomic E-state index is -0.994. The van der Waals surface area contributed by atoms with Crippen LogP contribution >= 0.6 is 11.8 Å². The third kappa shape index (κ3) is 3.25. The highest BCUT2D eigenvalue weighted by Gasteiger charge is 2.02. The van der Waals surface area contributed by atoms with Crippen LogP contribution in [0.4, 0.5) is 5.82 Å². The number of nitrogens with zero attached hydrogens (tertiary/aromatic N) is 2. The number of anilines is 1. The second-order valence-corrected chi connectivity index (χ2v) is 3.36. The highest BCUT2D eigenvalue weighted by molar-refractivity contribution is 7.98. The van der Waals surface area contributed by atoms with E-state index in [-0.39, 0.29) is 0 Å². The number of nitrogens with one attached hydrogen (secondary N) is 1. The maximum Gasteiger partial charge on any atom is 0.328 e. The zero-order valence-electron chi connectivity index (χ0n) is 8.39. The normalized spacial score (nSPS) is 10.5. The molecule has 0 radical (unpaired) electrons. The van der Waals surface area contributed by atoms with E-state index in [1.165, 1.54) is 17.8 Å². The van der Waals surface area contributed by atoms with Gasteiger partial charge in [0.15, 0.2) is 5.16 Å². The maximum absolute atomic E-state index is 10.3. The summed E-state index contributed by atoms with van der Waals surface area (Å²) >= 11 is 1.43. The van der Waals surface area contributed by atoms with E-state index in [1.54, 1.807) is 13.2 Å². The predicted molar refractivity (Wildman–Crippen MR) is 60.0 cm³/mol. The van der Waals surface area contributed by atoms with Crippen molar-refractivity contribution in [3.63, 3.8) is 0 Å². The van der Waals surface area contributed by atoms with Gasteiger partial charge in [0.05, 0.1) is 0 Å². The second kappa shape index (κ2) is 5.35. The van der Waals surface area contributed by atoms with E-state index in [0.717, 1.165) is 6.08 Å². The fraction of sp³-hybridized carbons (Fsp3) is 0.222. The molecule has 0 bridgehead atoms. The SMILES string of the molecule is CNc1nc(SC)ncc1C=CC(=O)O. The van der Waals surface area contributed by atoms with Crippen molar-refractivity contribution in [1.82, 2.24) is 9.97 Å². The van der Waals surface area contributed by atoms with E-state index in [1.807, 2.05) is 6.26 Å². The van der Waals surface area contributed by atoms with E-state index in [0.29, 0.717) is 16.5 Å². The highest BCUT2D eigenvalue weighted by Crippen LogP contribution is 2.16. The fourth-order valence-corrected chi connectivity index (χ4v) is 1.30. The van der Waals surface area contributed by atoms with Crippen LogP contribution in [-0.2, 0) is 4.79 Å². The number of aromatic nitrogens is 2. The predicted octanol–water partition coefficient (Wildman–Crippen LogP) is 1.34. The Morgan fingerprint density at radius 1 is 1.67 bits per heavy atom. The average molecular weight is 225 g/mol. The number of carbonyl (C=O) groups is 1. The highest BCUT2D eigenvalue weighted by atomic mass is 32.2. The monoisotopic (exact) mass is 225 g/mol. The van der Waals surface area contributed by atoms with Gasteiger partial charge in [0, 0.05) is 24.9 Å². The van der Waals surface area contributed by atoms with Gasteiger partial charge in [-0.25, -0.2) is 14.8 Å². The number of carboxylic acid groups (broad SMARTS) is 1. The van der Waals surface area contributed by atoms with Crippen LogP contribution in [-0.4, -0.2) is 34.3 Å². The molecule has 1 aromatic heterocycles. The van der Waals surface area contributed by atoms with Crippen molar-refractivity contribution in [3.8, 4) is 0 Å². The Bertz CT molecular complexity index is 393. The van der Waals surface area contributed by atoms with Crippen LogP contribution < -0.4 is 5.32 Å². The largest absolute Gasteiger partial charge is 0.478 e. The molecule has 15 heavy (non-hydrogen) atoms. The van der Waals surface area contributed by atoms with Crippen LogP contribution in [0.3, 0.4) is 0 Å². The third-order valence-electron chi connectivity index (χ3n) is 1.62. The van der Waals surface area contributed by atoms with Gasteiger partial charge in [0.1, 0.15) is 5.82 Å². The van der Waals surface area contributed by atoms with Crippen LogP contribution in [0.1, 0.15) is 5.56 Å². The standard InChI is InChI=1S/C9H11N3O2S/c1-10-8-6(3-4-7(13)14)5-11-9(12-8)15-2/h3-5H,1-2H3,(H,13,14)(H,10,11,12). The van der Waals surface area contributed by atoms with Gasteiger partial charge in [-0.3, -0.25) is 0 Å². The van der Waals surface area contributed by atoms with Crippen molar-refractivity contribution in [2.75, 3.05) is 18.6 Å². The van der Waals surface area contributed by atoms with Gasteiger partial charge in [0.25, 0.3) is 0 Å². The van der Waals surface area contributed by atoms with Crippen molar-refractivity contribution in [1.29, 1.82) is 0 Å². The molecule has 0 unspecified atom stereocenters. The number of rotatable bonds is 4. The minimum absolute atomic E-state index is 0.617. The summed E-state index contributed by atoms with van der Waals surface area (Å²) in [4.78, 5) is 18.6. The summed E-state index contributed by atoms with van der Waals surface area (Å²) in [5.74, 6) is -0.377. The number of carboxylic acids is 1. The zero-order valence-corrected chi connectivity index (χ0v) is 9.21. The second-order valence-electron chi connectivity index (χ2n) is 2.58. The quantitative estimate of drug-likeness (QED) is 0.457. The zero-order chi connectivity index (χ0) is 11.3. The van der Waals surface area contributed by atoms with Gasteiger partial charge in [-0.05, 0) is 12.3 Å². The summed E-state index contributed by atoms with van der Waals surface area (Å²) in [6.07, 6.45) is 5.97. The Balaban J connectivity index is 3.02. The van der Waals surface area contributed by atoms with Crippen LogP contribution in [0.2, 0.25) is 0 Å². The third-order valence-corrected chi connectivity index (χ3v) is 2.18. The van der Waals surface area contributed by atoms with Crippen LogP contribution in [0.5, 0.6) is 0 Å². The van der Waals surface area contributed by atoms with Gasteiger partial charge < -0.3 is 10.4 Å². The van der Waals surface area contributed by atoms with E-state index in [9.17, 15) is 4.79 Å². The number of aliphatic carboxylic acids is 1. The lowest BCUT2D eigenvalue weighted by Gasteiger charge is -2.04. The van der Waals surface area contributed by atoms with Crippen molar-refractivity contribution in [2.24, 2.45) is 0 Å². The molecule has 80 valence electrons. The molecule has 0 amide bonds. The lowest BCUT2D eigenvalue weighted by Crippen LogP contribution is -1.98. The van der Waals surface area contributed by atoms with Gasteiger partial charge in [-0.2, -0.15) is 0 Å². The topological polar surface area (TPSA) is 75.1 Å². The van der Waals surface area contributed by atoms with Gasteiger partial charge in [0.2, 0.25) is 0 Å². The minimum Gasteiger partial charge on any atom is -0.478 e. The number of hydrogen-bond donors (Lipinski definition) is 2.